The number of ether oxygens (including phenoxy) is 8. The number of rotatable bonds is 20. The minimum absolute atomic E-state index is 0.0658. The lowest BCUT2D eigenvalue weighted by Crippen LogP contribution is -2.36. The Morgan fingerprint density at radius 1 is 0.533 bits per heavy atom. The molecule has 14 heteroatoms. The number of unbranched alkanes of at least 4 members (excludes halogenated alkanes) is 4. The van der Waals surface area contributed by atoms with Crippen LogP contribution < -0.4 is 9.47 Å². The molecule has 0 spiro atoms. The fraction of sp³-hybridized carbons (Fsp3) is 0.348. The zero-order valence-electron chi connectivity index (χ0n) is 33.0. The number of benzene rings is 4. The van der Waals surface area contributed by atoms with E-state index in [-0.39, 0.29) is 51.2 Å². The highest BCUT2D eigenvalue weighted by atomic mass is 16.7. The molecule has 14 nitrogen and oxygen atoms in total. The molecule has 0 radical (unpaired) electrons. The van der Waals surface area contributed by atoms with Crippen molar-refractivity contribution in [2.75, 3.05) is 26.4 Å². The first-order valence-electron chi connectivity index (χ1n) is 19.8. The van der Waals surface area contributed by atoms with Crippen molar-refractivity contribution in [1.29, 1.82) is 0 Å². The predicted molar refractivity (Wildman–Crippen MR) is 216 cm³/mol. The number of hydrogen-bond acceptors (Lipinski definition) is 14. The van der Waals surface area contributed by atoms with Crippen LogP contribution in [0.15, 0.2) is 98.1 Å². The summed E-state index contributed by atoms with van der Waals surface area (Å²) in [6.07, 6.45) is 3.82. The number of hydrogen-bond donors (Lipinski definition) is 0. The van der Waals surface area contributed by atoms with Crippen molar-refractivity contribution in [1.82, 2.24) is 0 Å². The van der Waals surface area contributed by atoms with E-state index in [1.54, 1.807) is 72.8 Å². The van der Waals surface area contributed by atoms with Crippen LogP contribution in [0.25, 0.3) is 21.5 Å². The van der Waals surface area contributed by atoms with Crippen LogP contribution in [0.5, 0.6) is 11.5 Å². The van der Waals surface area contributed by atoms with E-state index in [2.05, 4.69) is 13.2 Å². The third-order valence-electron chi connectivity index (χ3n) is 9.91. The Balaban J connectivity index is 0.937. The maximum Gasteiger partial charge on any atom is 0.338 e. The first-order valence-corrected chi connectivity index (χ1v) is 19.8. The molecule has 2 aliphatic rings. The van der Waals surface area contributed by atoms with Crippen molar-refractivity contribution in [3.8, 4) is 11.5 Å². The van der Waals surface area contributed by atoms with E-state index >= 15 is 0 Å². The topological polar surface area (TPSA) is 176 Å². The van der Waals surface area contributed by atoms with Gasteiger partial charge in [0.05, 0.1) is 37.6 Å². The molecule has 0 amide bonds. The fourth-order valence-corrected chi connectivity index (χ4v) is 6.80. The number of esters is 6. The van der Waals surface area contributed by atoms with E-state index in [9.17, 15) is 28.8 Å². The van der Waals surface area contributed by atoms with Crippen LogP contribution in [0.3, 0.4) is 0 Å². The summed E-state index contributed by atoms with van der Waals surface area (Å²) in [7, 11) is 0. The molecule has 2 aliphatic heterocycles. The van der Waals surface area contributed by atoms with Crippen LogP contribution in [0, 0.1) is 0 Å². The largest absolute Gasteiger partial charge is 0.463 e. The summed E-state index contributed by atoms with van der Waals surface area (Å²) in [5.74, 6) is -2.07. The first kappa shape index (κ1) is 43.2. The summed E-state index contributed by atoms with van der Waals surface area (Å²) < 4.78 is 44.3. The van der Waals surface area contributed by atoms with Crippen molar-refractivity contribution in [3.05, 3.63) is 109 Å². The summed E-state index contributed by atoms with van der Waals surface area (Å²) >= 11 is 0. The van der Waals surface area contributed by atoms with Gasteiger partial charge in [0.1, 0.15) is 23.7 Å². The van der Waals surface area contributed by atoms with Gasteiger partial charge in [-0.05, 0) is 109 Å². The van der Waals surface area contributed by atoms with Crippen molar-refractivity contribution in [2.45, 2.75) is 75.8 Å². The third kappa shape index (κ3) is 11.9. The van der Waals surface area contributed by atoms with Gasteiger partial charge in [0, 0.05) is 25.0 Å². The second kappa shape index (κ2) is 21.0. The molecule has 4 aromatic rings. The van der Waals surface area contributed by atoms with Crippen molar-refractivity contribution in [2.24, 2.45) is 0 Å². The second-order valence-corrected chi connectivity index (χ2v) is 14.2. The van der Waals surface area contributed by atoms with E-state index in [1.165, 1.54) is 0 Å². The van der Waals surface area contributed by atoms with Gasteiger partial charge < -0.3 is 37.9 Å². The zero-order valence-corrected chi connectivity index (χ0v) is 33.0. The molecule has 4 atom stereocenters. The fourth-order valence-electron chi connectivity index (χ4n) is 6.80. The molecule has 0 aliphatic carbocycles. The molecule has 2 saturated heterocycles. The van der Waals surface area contributed by atoms with Crippen molar-refractivity contribution in [3.63, 3.8) is 0 Å². The molecule has 0 N–H and O–H groups in total. The Morgan fingerprint density at radius 3 is 1.35 bits per heavy atom. The van der Waals surface area contributed by atoms with Gasteiger partial charge in [-0.3, -0.25) is 9.59 Å². The van der Waals surface area contributed by atoms with Crippen LogP contribution in [0.2, 0.25) is 0 Å². The Labute approximate surface area is 346 Å². The van der Waals surface area contributed by atoms with Crippen LogP contribution in [0.1, 0.15) is 72.1 Å². The quantitative estimate of drug-likeness (QED) is 0.0295. The van der Waals surface area contributed by atoms with Crippen LogP contribution >= 0.6 is 0 Å². The number of carbonyl (C=O) groups is 6. The highest BCUT2D eigenvalue weighted by Gasteiger charge is 2.51. The molecule has 2 fully saturated rings. The standard InChI is InChI=1S/C46H46O14/c1-3-39(47)53-21-9-5-7-11-41(49)57-35-19-17-29-23-33(15-13-31(29)25-35)45(51)59-37-27-55-44-38(28-56-43(37)44)60-46(52)34-16-14-32-26-36(20-18-30(32)24-34)58-42(50)12-8-6-10-22-54-40(48)4-2/h3-4,13-20,23-26,37-38,43-44H,1-2,5-12,21-22,27-28H2/t37-,38-,43-,44-/m1/s1. The van der Waals surface area contributed by atoms with Gasteiger partial charge in [0.25, 0.3) is 0 Å². The monoisotopic (exact) mass is 822 g/mol. The SMILES string of the molecule is C=CC(=O)OCCCCCC(=O)Oc1ccc2cc(C(=O)O[C@@H]3CO[C@H]4[C@@H]3OC[C@H]4OC(=O)c3ccc4cc(OC(=O)CCCCCOC(=O)C=C)ccc4c3)ccc2c1. The normalized spacial score (nSPS) is 17.9. The summed E-state index contributed by atoms with van der Waals surface area (Å²) in [6.45, 7) is 7.36. The molecule has 0 saturated carbocycles. The lowest BCUT2D eigenvalue weighted by Gasteiger charge is -2.17. The lowest BCUT2D eigenvalue weighted by atomic mass is 10.1. The first-order chi connectivity index (χ1) is 29.1. The molecule has 0 aromatic heterocycles. The molecule has 0 bridgehead atoms. The van der Waals surface area contributed by atoms with Crippen LogP contribution in [-0.2, 0) is 47.6 Å². The maximum absolute atomic E-state index is 13.2. The van der Waals surface area contributed by atoms with Gasteiger partial charge in [-0.25, -0.2) is 19.2 Å². The number of fused-ring (bicyclic) bond motifs is 3. The van der Waals surface area contributed by atoms with Gasteiger partial charge in [0.15, 0.2) is 12.2 Å². The average molecular weight is 823 g/mol. The highest BCUT2D eigenvalue weighted by molar-refractivity contribution is 5.97. The summed E-state index contributed by atoms with van der Waals surface area (Å²) in [5, 5.41) is 3.01. The Bertz CT molecular complexity index is 2090. The average Bonchev–Trinajstić information content (AvgIpc) is 3.85. The Morgan fingerprint density at radius 2 is 0.933 bits per heavy atom. The molecule has 4 aromatic carbocycles. The van der Waals surface area contributed by atoms with Gasteiger partial charge in [-0.2, -0.15) is 0 Å². The zero-order chi connectivity index (χ0) is 42.4. The second-order valence-electron chi connectivity index (χ2n) is 14.2. The molecule has 6 rings (SSSR count). The minimum atomic E-state index is -0.719. The maximum atomic E-state index is 13.2. The summed E-state index contributed by atoms with van der Waals surface area (Å²) in [5.41, 5.74) is 0.629. The molecule has 0 unspecified atom stereocenters. The number of carbonyl (C=O) groups excluding carboxylic acids is 6. The van der Waals surface area contributed by atoms with Crippen molar-refractivity contribution >= 4 is 57.4 Å². The van der Waals surface area contributed by atoms with E-state index in [1.807, 2.05) is 0 Å². The van der Waals surface area contributed by atoms with E-state index < -0.39 is 48.3 Å². The van der Waals surface area contributed by atoms with Gasteiger partial charge >= 0.3 is 35.8 Å². The van der Waals surface area contributed by atoms with E-state index in [0.717, 1.165) is 33.7 Å². The summed E-state index contributed by atoms with van der Waals surface area (Å²) in [4.78, 5) is 73.3. The smallest absolute Gasteiger partial charge is 0.338 e. The lowest BCUT2D eigenvalue weighted by molar-refractivity contribution is -0.138. The van der Waals surface area contributed by atoms with Gasteiger partial charge in [-0.1, -0.05) is 37.4 Å². The van der Waals surface area contributed by atoms with E-state index in [4.69, 9.17) is 37.9 Å². The third-order valence-corrected chi connectivity index (χ3v) is 9.91. The van der Waals surface area contributed by atoms with Gasteiger partial charge in [-0.15, -0.1) is 0 Å². The van der Waals surface area contributed by atoms with Crippen LogP contribution in [-0.4, -0.2) is 86.7 Å². The molecule has 314 valence electrons. The Kier molecular flexibility index (Phi) is 15.2. The molecule has 60 heavy (non-hydrogen) atoms. The molecular weight excluding hydrogens is 776 g/mol. The Hall–Kier alpha value is -6.38. The minimum Gasteiger partial charge on any atom is -0.463 e. The van der Waals surface area contributed by atoms with E-state index in [0.29, 0.717) is 61.2 Å². The molecule has 2 heterocycles. The highest BCUT2D eigenvalue weighted by Crippen LogP contribution is 2.32. The van der Waals surface area contributed by atoms with Gasteiger partial charge in [0.2, 0.25) is 0 Å². The predicted octanol–water partition coefficient (Wildman–Crippen LogP) is 6.93. The molecular formula is C46H46O14. The van der Waals surface area contributed by atoms with Crippen LogP contribution in [0.4, 0.5) is 0 Å². The summed E-state index contributed by atoms with van der Waals surface area (Å²) in [6, 6.07) is 20.3. The van der Waals surface area contributed by atoms with Crippen molar-refractivity contribution < 1.29 is 66.7 Å².